The minimum absolute atomic E-state index is 0.0116. The molecule has 1 saturated carbocycles. The highest BCUT2D eigenvalue weighted by atomic mass is 16.5. The van der Waals surface area contributed by atoms with Crippen molar-refractivity contribution in [2.24, 2.45) is 5.92 Å². The number of fused-ring (bicyclic) bond motifs is 3. The van der Waals surface area contributed by atoms with E-state index < -0.39 is 18.1 Å². The molecular formula is C27H33N3O5. The molecular weight excluding hydrogens is 446 g/mol. The Morgan fingerprint density at radius 1 is 1.03 bits per heavy atom. The van der Waals surface area contributed by atoms with Crippen molar-refractivity contribution >= 4 is 18.0 Å². The number of carboxylic acid groups (broad SMARTS) is 1. The van der Waals surface area contributed by atoms with Crippen LogP contribution < -0.4 is 10.6 Å². The van der Waals surface area contributed by atoms with Crippen LogP contribution in [0.2, 0.25) is 0 Å². The maximum atomic E-state index is 12.5. The Labute approximate surface area is 205 Å². The van der Waals surface area contributed by atoms with Crippen molar-refractivity contribution in [2.75, 3.05) is 27.2 Å². The lowest BCUT2D eigenvalue weighted by atomic mass is 9.98. The molecule has 1 fully saturated rings. The van der Waals surface area contributed by atoms with E-state index in [9.17, 15) is 19.5 Å². The first-order chi connectivity index (χ1) is 16.8. The number of benzene rings is 2. The molecule has 0 spiro atoms. The van der Waals surface area contributed by atoms with Crippen LogP contribution in [-0.4, -0.2) is 67.3 Å². The highest BCUT2D eigenvalue weighted by Crippen LogP contribution is 2.44. The molecule has 186 valence electrons. The van der Waals surface area contributed by atoms with Gasteiger partial charge in [-0.3, -0.25) is 4.79 Å². The van der Waals surface area contributed by atoms with Gasteiger partial charge in [0.25, 0.3) is 0 Å². The quantitative estimate of drug-likeness (QED) is 0.510. The Morgan fingerprint density at radius 2 is 1.66 bits per heavy atom. The maximum absolute atomic E-state index is 12.5. The zero-order valence-electron chi connectivity index (χ0n) is 20.2. The Balaban J connectivity index is 1.24. The fourth-order valence-corrected chi connectivity index (χ4v) is 5.26. The number of hydrogen-bond acceptors (Lipinski definition) is 5. The van der Waals surface area contributed by atoms with Gasteiger partial charge in [0, 0.05) is 24.9 Å². The van der Waals surface area contributed by atoms with Gasteiger partial charge in [0.1, 0.15) is 12.6 Å². The van der Waals surface area contributed by atoms with Crippen LogP contribution in [0.3, 0.4) is 0 Å². The van der Waals surface area contributed by atoms with Crippen molar-refractivity contribution in [2.45, 2.75) is 43.7 Å². The van der Waals surface area contributed by atoms with Crippen LogP contribution >= 0.6 is 0 Å². The molecule has 3 N–H and O–H groups in total. The topological polar surface area (TPSA) is 108 Å². The van der Waals surface area contributed by atoms with Gasteiger partial charge in [-0.15, -0.1) is 0 Å². The number of carbonyl (C=O) groups is 3. The Kier molecular flexibility index (Phi) is 7.70. The molecule has 0 saturated heterocycles. The summed E-state index contributed by atoms with van der Waals surface area (Å²) in [4.78, 5) is 38.0. The van der Waals surface area contributed by atoms with E-state index >= 15 is 0 Å². The van der Waals surface area contributed by atoms with Crippen LogP contribution in [0.25, 0.3) is 11.1 Å². The van der Waals surface area contributed by atoms with Crippen LogP contribution in [0.15, 0.2) is 48.5 Å². The summed E-state index contributed by atoms with van der Waals surface area (Å²) in [7, 11) is 3.53. The van der Waals surface area contributed by atoms with Crippen LogP contribution in [0, 0.1) is 5.92 Å². The second-order valence-corrected chi connectivity index (χ2v) is 9.77. The second-order valence-electron chi connectivity index (χ2n) is 9.77. The molecule has 0 aliphatic heterocycles. The molecule has 0 aromatic heterocycles. The van der Waals surface area contributed by atoms with Gasteiger partial charge < -0.3 is 25.4 Å². The summed E-state index contributed by atoms with van der Waals surface area (Å²) in [6.45, 7) is 0.499. The molecule has 2 amide bonds. The van der Waals surface area contributed by atoms with Gasteiger partial charge >= 0.3 is 12.1 Å². The van der Waals surface area contributed by atoms with Crippen LogP contribution in [-0.2, 0) is 14.3 Å². The highest BCUT2D eigenvalue weighted by Gasteiger charge is 2.31. The van der Waals surface area contributed by atoms with Gasteiger partial charge in [-0.1, -0.05) is 48.5 Å². The van der Waals surface area contributed by atoms with E-state index in [1.165, 1.54) is 22.3 Å². The Morgan fingerprint density at radius 3 is 2.26 bits per heavy atom. The molecule has 8 heteroatoms. The van der Waals surface area contributed by atoms with E-state index in [4.69, 9.17) is 4.74 Å². The van der Waals surface area contributed by atoms with E-state index in [2.05, 4.69) is 34.9 Å². The molecule has 0 bridgehead atoms. The summed E-state index contributed by atoms with van der Waals surface area (Å²) in [6.07, 6.45) is 2.04. The molecule has 2 aromatic carbocycles. The first kappa shape index (κ1) is 24.7. The Hall–Kier alpha value is -3.39. The van der Waals surface area contributed by atoms with Gasteiger partial charge in [0.2, 0.25) is 5.91 Å². The van der Waals surface area contributed by atoms with E-state index in [1.54, 1.807) is 19.0 Å². The third kappa shape index (κ3) is 6.00. The first-order valence-electron chi connectivity index (χ1n) is 12.1. The average Bonchev–Trinajstić information content (AvgIpc) is 3.38. The molecule has 2 aliphatic carbocycles. The van der Waals surface area contributed by atoms with E-state index in [1.807, 2.05) is 24.3 Å². The highest BCUT2D eigenvalue weighted by molar-refractivity contribution is 5.84. The second kappa shape index (κ2) is 10.9. The van der Waals surface area contributed by atoms with E-state index in [0.717, 1.165) is 12.8 Å². The minimum Gasteiger partial charge on any atom is -0.480 e. The fraction of sp³-hybridized carbons (Fsp3) is 0.444. The predicted octanol–water partition coefficient (Wildman–Crippen LogP) is 3.21. The summed E-state index contributed by atoms with van der Waals surface area (Å²) in [6, 6.07) is 15.4. The molecule has 2 aromatic rings. The minimum atomic E-state index is -1.05. The lowest BCUT2D eigenvalue weighted by Gasteiger charge is -2.20. The number of ether oxygens (including phenoxy) is 1. The van der Waals surface area contributed by atoms with Gasteiger partial charge in [-0.2, -0.15) is 0 Å². The van der Waals surface area contributed by atoms with Crippen molar-refractivity contribution in [3.05, 3.63) is 59.7 Å². The maximum Gasteiger partial charge on any atom is 0.407 e. The number of aliphatic carboxylic acids is 1. The fourth-order valence-electron chi connectivity index (χ4n) is 5.26. The third-order valence-corrected chi connectivity index (χ3v) is 6.86. The van der Waals surface area contributed by atoms with Crippen LogP contribution in [0.5, 0.6) is 0 Å². The normalized spacial score (nSPS) is 19.6. The summed E-state index contributed by atoms with van der Waals surface area (Å²) >= 11 is 0. The predicted molar refractivity (Wildman–Crippen MR) is 132 cm³/mol. The average molecular weight is 480 g/mol. The molecule has 3 atom stereocenters. The van der Waals surface area contributed by atoms with Gasteiger partial charge in [-0.25, -0.2) is 9.59 Å². The van der Waals surface area contributed by atoms with Crippen molar-refractivity contribution in [3.63, 3.8) is 0 Å². The largest absolute Gasteiger partial charge is 0.480 e. The van der Waals surface area contributed by atoms with Crippen molar-refractivity contribution in [1.29, 1.82) is 0 Å². The van der Waals surface area contributed by atoms with Gasteiger partial charge in [0.15, 0.2) is 0 Å². The van der Waals surface area contributed by atoms with E-state index in [-0.39, 0.29) is 43.4 Å². The zero-order chi connectivity index (χ0) is 24.9. The van der Waals surface area contributed by atoms with Gasteiger partial charge in [0.05, 0.1) is 0 Å². The molecule has 35 heavy (non-hydrogen) atoms. The number of nitrogens with zero attached hydrogens (tertiary/aromatic N) is 1. The lowest BCUT2D eigenvalue weighted by Crippen LogP contribution is -2.47. The number of hydrogen-bond donors (Lipinski definition) is 3. The van der Waals surface area contributed by atoms with Crippen LogP contribution in [0.4, 0.5) is 4.79 Å². The SMILES string of the molecule is CN(C)CC(NC(=O)CC1CCC(NC(=O)OCC2c3ccccc3-c3ccccc32)C1)C(=O)O. The first-order valence-corrected chi connectivity index (χ1v) is 12.1. The molecule has 0 heterocycles. The molecule has 0 radical (unpaired) electrons. The monoisotopic (exact) mass is 479 g/mol. The number of carboxylic acids is 1. The molecule has 2 aliphatic rings. The van der Waals surface area contributed by atoms with Crippen molar-refractivity contribution < 1.29 is 24.2 Å². The third-order valence-electron chi connectivity index (χ3n) is 6.86. The number of nitrogens with one attached hydrogen (secondary N) is 2. The summed E-state index contributed by atoms with van der Waals surface area (Å²) in [5.74, 6) is -1.21. The van der Waals surface area contributed by atoms with Crippen molar-refractivity contribution in [3.8, 4) is 11.1 Å². The summed E-state index contributed by atoms with van der Waals surface area (Å²) in [5, 5.41) is 14.9. The number of alkyl carbamates (subject to hydrolysis) is 1. The zero-order valence-corrected chi connectivity index (χ0v) is 20.2. The van der Waals surface area contributed by atoms with E-state index in [0.29, 0.717) is 6.42 Å². The smallest absolute Gasteiger partial charge is 0.407 e. The summed E-state index contributed by atoms with van der Waals surface area (Å²) in [5.41, 5.74) is 4.71. The Bertz CT molecular complexity index is 1040. The number of carbonyl (C=O) groups excluding carboxylic acids is 2. The van der Waals surface area contributed by atoms with Crippen LogP contribution in [0.1, 0.15) is 42.7 Å². The molecule has 3 unspecified atom stereocenters. The van der Waals surface area contributed by atoms with Gasteiger partial charge in [-0.05, 0) is 61.5 Å². The number of rotatable bonds is 9. The standard InChI is InChI=1S/C27H33N3O5/c1-30(2)15-24(26(32)33)29-25(31)14-17-11-12-18(13-17)28-27(34)35-16-23-21-9-5-3-7-19(21)20-8-4-6-10-22(20)23/h3-10,17-18,23-24H,11-16H2,1-2H3,(H,28,34)(H,29,31)(H,32,33). The van der Waals surface area contributed by atoms with Crippen molar-refractivity contribution in [1.82, 2.24) is 15.5 Å². The summed E-state index contributed by atoms with van der Waals surface area (Å²) < 4.78 is 5.63. The molecule has 4 rings (SSSR count). The number of likely N-dealkylation sites (N-methyl/N-ethyl adjacent to an activating group) is 1. The molecule has 8 nitrogen and oxygen atoms in total. The number of amides is 2. The lowest BCUT2D eigenvalue weighted by molar-refractivity contribution is -0.142.